The first kappa shape index (κ1) is 28.9. The summed E-state index contributed by atoms with van der Waals surface area (Å²) in [6.45, 7) is 2.17. The fourth-order valence-electron chi connectivity index (χ4n) is 7.45. The van der Waals surface area contributed by atoms with Crippen molar-refractivity contribution in [1.82, 2.24) is 9.55 Å². The second-order valence-corrected chi connectivity index (χ2v) is 12.6. The van der Waals surface area contributed by atoms with Crippen LogP contribution < -0.4 is 0 Å². The van der Waals surface area contributed by atoms with Crippen molar-refractivity contribution < 1.29 is 0 Å². The third kappa shape index (κ3) is 5.01. The molecule has 0 aliphatic carbocycles. The second-order valence-electron chi connectivity index (χ2n) is 12.6. The van der Waals surface area contributed by atoms with E-state index in [-0.39, 0.29) is 0 Å². The highest BCUT2D eigenvalue weighted by Gasteiger charge is 2.18. The quantitative estimate of drug-likeness (QED) is 0.168. The SMILES string of the molecule is CCc1nc2ccccc2n1-c1ccc(-c2c3ccccc3c(-c3ccc(-c4ccccc4)cc3)c3ccc(-c4ccccc4)cc23)cc1. The topological polar surface area (TPSA) is 17.8 Å². The molecular formula is C47H34N2. The van der Waals surface area contributed by atoms with Gasteiger partial charge in [0.05, 0.1) is 11.0 Å². The molecule has 2 nitrogen and oxygen atoms in total. The van der Waals surface area contributed by atoms with Crippen LogP contribution in [0.3, 0.4) is 0 Å². The van der Waals surface area contributed by atoms with Crippen LogP contribution in [-0.4, -0.2) is 9.55 Å². The molecule has 49 heavy (non-hydrogen) atoms. The lowest BCUT2D eigenvalue weighted by molar-refractivity contribution is 0.908. The molecule has 9 rings (SSSR count). The Morgan fingerprint density at radius 1 is 0.408 bits per heavy atom. The fraction of sp³-hybridized carbons (Fsp3) is 0.0426. The highest BCUT2D eigenvalue weighted by molar-refractivity contribution is 6.22. The van der Waals surface area contributed by atoms with Crippen LogP contribution in [0.2, 0.25) is 0 Å². The number of aryl methyl sites for hydroxylation is 1. The van der Waals surface area contributed by atoms with Gasteiger partial charge in [-0.2, -0.15) is 0 Å². The standard InChI is InChI=1S/C47H34N2/c1-2-45-48-43-19-11-12-20-44(43)49(45)38-28-25-36(26-29-38)47-40-18-10-9-17-39(40)46(35-23-21-34(22-24-35)32-13-5-3-6-14-32)41-30-27-37(31-42(41)47)33-15-7-4-8-16-33/h3-31H,2H2,1H3. The number of para-hydroxylation sites is 2. The molecule has 8 aromatic carbocycles. The van der Waals surface area contributed by atoms with E-state index in [9.17, 15) is 0 Å². The Balaban J connectivity index is 1.27. The highest BCUT2D eigenvalue weighted by atomic mass is 15.1. The van der Waals surface area contributed by atoms with Gasteiger partial charge < -0.3 is 0 Å². The van der Waals surface area contributed by atoms with E-state index < -0.39 is 0 Å². The Hall–Kier alpha value is -6.25. The molecule has 0 saturated carbocycles. The first-order valence-electron chi connectivity index (χ1n) is 17.0. The molecule has 0 atom stereocenters. The van der Waals surface area contributed by atoms with Gasteiger partial charge in [-0.3, -0.25) is 4.57 Å². The summed E-state index contributed by atoms with van der Waals surface area (Å²) in [5.74, 6) is 1.07. The van der Waals surface area contributed by atoms with E-state index in [0.717, 1.165) is 29.0 Å². The molecule has 0 N–H and O–H groups in total. The van der Waals surface area contributed by atoms with Crippen molar-refractivity contribution in [3.63, 3.8) is 0 Å². The van der Waals surface area contributed by atoms with Gasteiger partial charge in [-0.1, -0.05) is 153 Å². The minimum absolute atomic E-state index is 0.863. The van der Waals surface area contributed by atoms with Crippen LogP contribution in [0.5, 0.6) is 0 Å². The van der Waals surface area contributed by atoms with Gasteiger partial charge in [0.1, 0.15) is 5.82 Å². The largest absolute Gasteiger partial charge is 0.296 e. The summed E-state index contributed by atoms with van der Waals surface area (Å²) in [7, 11) is 0. The van der Waals surface area contributed by atoms with Gasteiger partial charge in [0.2, 0.25) is 0 Å². The number of benzene rings is 8. The van der Waals surface area contributed by atoms with E-state index >= 15 is 0 Å². The molecule has 232 valence electrons. The smallest absolute Gasteiger partial charge is 0.114 e. The zero-order valence-corrected chi connectivity index (χ0v) is 27.3. The molecule has 2 heteroatoms. The molecule has 0 aliphatic rings. The average Bonchev–Trinajstić information content (AvgIpc) is 3.56. The predicted octanol–water partition coefficient (Wildman–Crippen LogP) is 12.6. The molecule has 0 saturated heterocycles. The molecule has 0 spiro atoms. The van der Waals surface area contributed by atoms with Crippen LogP contribution >= 0.6 is 0 Å². The van der Waals surface area contributed by atoms with Crippen molar-refractivity contribution in [2.24, 2.45) is 0 Å². The van der Waals surface area contributed by atoms with Crippen LogP contribution in [0.1, 0.15) is 12.7 Å². The van der Waals surface area contributed by atoms with Crippen molar-refractivity contribution >= 4 is 32.6 Å². The van der Waals surface area contributed by atoms with E-state index in [2.05, 4.69) is 187 Å². The van der Waals surface area contributed by atoms with Crippen LogP contribution in [0.15, 0.2) is 176 Å². The van der Waals surface area contributed by atoms with Gasteiger partial charge in [-0.25, -0.2) is 4.98 Å². The summed E-state index contributed by atoms with van der Waals surface area (Å²) in [6.07, 6.45) is 0.863. The summed E-state index contributed by atoms with van der Waals surface area (Å²) in [5.41, 5.74) is 13.1. The van der Waals surface area contributed by atoms with Gasteiger partial charge >= 0.3 is 0 Å². The van der Waals surface area contributed by atoms with Gasteiger partial charge in [-0.15, -0.1) is 0 Å². The normalized spacial score (nSPS) is 11.4. The predicted molar refractivity (Wildman–Crippen MR) is 207 cm³/mol. The Kier molecular flexibility index (Phi) is 7.13. The minimum Gasteiger partial charge on any atom is -0.296 e. The number of fused-ring (bicyclic) bond motifs is 3. The van der Waals surface area contributed by atoms with Crippen molar-refractivity contribution in [2.75, 3.05) is 0 Å². The maximum atomic E-state index is 4.93. The minimum atomic E-state index is 0.863. The maximum Gasteiger partial charge on any atom is 0.114 e. The van der Waals surface area contributed by atoms with Crippen LogP contribution in [-0.2, 0) is 6.42 Å². The van der Waals surface area contributed by atoms with Crippen molar-refractivity contribution in [3.05, 3.63) is 182 Å². The second kappa shape index (κ2) is 12.1. The molecule has 0 unspecified atom stereocenters. The first-order chi connectivity index (χ1) is 24.3. The first-order valence-corrected chi connectivity index (χ1v) is 17.0. The zero-order valence-electron chi connectivity index (χ0n) is 27.3. The number of nitrogens with zero attached hydrogens (tertiary/aromatic N) is 2. The van der Waals surface area contributed by atoms with E-state index in [1.165, 1.54) is 66.1 Å². The lowest BCUT2D eigenvalue weighted by atomic mass is 9.84. The van der Waals surface area contributed by atoms with E-state index in [1.54, 1.807) is 0 Å². The Bertz CT molecular complexity index is 2600. The van der Waals surface area contributed by atoms with Crippen molar-refractivity contribution in [3.8, 4) is 50.2 Å². The fourth-order valence-corrected chi connectivity index (χ4v) is 7.45. The van der Waals surface area contributed by atoms with Crippen LogP contribution in [0.25, 0.3) is 82.8 Å². The average molecular weight is 627 g/mol. The molecule has 1 heterocycles. The lowest BCUT2D eigenvalue weighted by Crippen LogP contribution is -2.00. The molecule has 0 bridgehead atoms. The molecule has 0 amide bonds. The van der Waals surface area contributed by atoms with Gasteiger partial charge in [0.15, 0.2) is 0 Å². The summed E-state index contributed by atoms with van der Waals surface area (Å²) in [4.78, 5) is 4.93. The van der Waals surface area contributed by atoms with E-state index in [0.29, 0.717) is 0 Å². The highest BCUT2D eigenvalue weighted by Crippen LogP contribution is 2.45. The number of hydrogen-bond acceptors (Lipinski definition) is 1. The van der Waals surface area contributed by atoms with Gasteiger partial charge in [-0.05, 0) is 96.4 Å². The van der Waals surface area contributed by atoms with Crippen molar-refractivity contribution in [1.29, 1.82) is 0 Å². The van der Waals surface area contributed by atoms with Gasteiger partial charge in [0, 0.05) is 12.1 Å². The summed E-state index contributed by atoms with van der Waals surface area (Å²) < 4.78 is 2.30. The molecule has 1 aromatic heterocycles. The molecule has 0 aliphatic heterocycles. The van der Waals surface area contributed by atoms with E-state index in [4.69, 9.17) is 4.98 Å². The monoisotopic (exact) mass is 626 g/mol. The third-order valence-corrected chi connectivity index (χ3v) is 9.77. The summed E-state index contributed by atoms with van der Waals surface area (Å²) in [6, 6.07) is 63.7. The van der Waals surface area contributed by atoms with Crippen molar-refractivity contribution in [2.45, 2.75) is 13.3 Å². The zero-order chi connectivity index (χ0) is 32.7. The molecule has 9 aromatic rings. The lowest BCUT2D eigenvalue weighted by Gasteiger charge is -2.19. The number of imidazole rings is 1. The molecule has 0 radical (unpaired) electrons. The van der Waals surface area contributed by atoms with Gasteiger partial charge in [0.25, 0.3) is 0 Å². The number of hydrogen-bond donors (Lipinski definition) is 0. The Labute approximate surface area is 286 Å². The number of rotatable bonds is 6. The summed E-state index contributed by atoms with van der Waals surface area (Å²) in [5, 5.41) is 5.00. The number of aromatic nitrogens is 2. The van der Waals surface area contributed by atoms with Crippen LogP contribution in [0.4, 0.5) is 0 Å². The van der Waals surface area contributed by atoms with E-state index in [1.807, 2.05) is 0 Å². The molecule has 0 fully saturated rings. The Morgan fingerprint density at radius 3 is 1.53 bits per heavy atom. The van der Waals surface area contributed by atoms with Crippen LogP contribution in [0, 0.1) is 0 Å². The summed E-state index contributed by atoms with van der Waals surface area (Å²) >= 11 is 0. The third-order valence-electron chi connectivity index (χ3n) is 9.77. The molecular weight excluding hydrogens is 593 g/mol. The Morgan fingerprint density at radius 2 is 0.878 bits per heavy atom. The maximum absolute atomic E-state index is 4.93.